The van der Waals surface area contributed by atoms with E-state index in [1.165, 1.54) is 0 Å². The number of benzene rings is 1. The summed E-state index contributed by atoms with van der Waals surface area (Å²) in [5.41, 5.74) is 1.29. The zero-order valence-electron chi connectivity index (χ0n) is 9.41. The van der Waals surface area contributed by atoms with Crippen molar-refractivity contribution in [3.05, 3.63) is 53.3 Å². The SMILES string of the molecule is O=C(O)c1ccn(Cc2nc3ccccc3s2)c1. The van der Waals surface area contributed by atoms with Gasteiger partial charge in [0.15, 0.2) is 0 Å². The molecule has 0 amide bonds. The molecule has 0 saturated heterocycles. The van der Waals surface area contributed by atoms with Crippen molar-refractivity contribution in [2.24, 2.45) is 0 Å². The lowest BCUT2D eigenvalue weighted by molar-refractivity contribution is 0.0697. The van der Waals surface area contributed by atoms with Crippen LogP contribution >= 0.6 is 11.3 Å². The second-order valence-electron chi connectivity index (χ2n) is 3.95. The summed E-state index contributed by atoms with van der Waals surface area (Å²) < 4.78 is 2.99. The summed E-state index contributed by atoms with van der Waals surface area (Å²) >= 11 is 1.63. The van der Waals surface area contributed by atoms with Gasteiger partial charge in [-0.3, -0.25) is 0 Å². The molecule has 1 aromatic carbocycles. The molecule has 1 N–H and O–H groups in total. The smallest absolute Gasteiger partial charge is 0.337 e. The van der Waals surface area contributed by atoms with Gasteiger partial charge in [0.1, 0.15) is 5.01 Å². The third-order valence-electron chi connectivity index (χ3n) is 2.65. The maximum Gasteiger partial charge on any atom is 0.337 e. The minimum absolute atomic E-state index is 0.302. The number of carboxylic acids is 1. The van der Waals surface area contributed by atoms with E-state index in [2.05, 4.69) is 4.98 Å². The van der Waals surface area contributed by atoms with Crippen LogP contribution < -0.4 is 0 Å². The summed E-state index contributed by atoms with van der Waals surface area (Å²) in [6.07, 6.45) is 3.38. The minimum Gasteiger partial charge on any atom is -0.478 e. The molecule has 3 rings (SSSR count). The molecule has 0 aliphatic rings. The van der Waals surface area contributed by atoms with Crippen molar-refractivity contribution < 1.29 is 9.90 Å². The largest absolute Gasteiger partial charge is 0.478 e. The molecule has 0 saturated carbocycles. The van der Waals surface area contributed by atoms with Gasteiger partial charge in [-0.1, -0.05) is 12.1 Å². The van der Waals surface area contributed by atoms with Crippen LogP contribution in [0, 0.1) is 0 Å². The quantitative estimate of drug-likeness (QED) is 0.786. The fraction of sp³-hybridized carbons (Fsp3) is 0.0769. The number of aromatic nitrogens is 2. The third kappa shape index (κ3) is 2.00. The number of thiazole rings is 1. The van der Waals surface area contributed by atoms with Crippen LogP contribution in [-0.4, -0.2) is 20.6 Å². The molecule has 18 heavy (non-hydrogen) atoms. The first-order valence-corrected chi connectivity index (χ1v) is 6.27. The van der Waals surface area contributed by atoms with Gasteiger partial charge in [0.2, 0.25) is 0 Å². The van der Waals surface area contributed by atoms with Gasteiger partial charge in [-0.2, -0.15) is 0 Å². The van der Waals surface area contributed by atoms with Gasteiger partial charge in [0.25, 0.3) is 0 Å². The first kappa shape index (κ1) is 11.0. The summed E-state index contributed by atoms with van der Waals surface area (Å²) in [5.74, 6) is -0.905. The molecule has 3 aromatic rings. The molecule has 0 spiro atoms. The summed E-state index contributed by atoms with van der Waals surface area (Å²) in [6, 6.07) is 9.56. The van der Waals surface area contributed by atoms with Gasteiger partial charge in [-0.25, -0.2) is 9.78 Å². The van der Waals surface area contributed by atoms with E-state index in [9.17, 15) is 4.79 Å². The van der Waals surface area contributed by atoms with Crippen molar-refractivity contribution in [3.63, 3.8) is 0 Å². The van der Waals surface area contributed by atoms with Crippen LogP contribution in [0.3, 0.4) is 0 Å². The minimum atomic E-state index is -0.905. The Morgan fingerprint density at radius 1 is 1.33 bits per heavy atom. The Kier molecular flexibility index (Phi) is 2.60. The number of fused-ring (bicyclic) bond motifs is 1. The highest BCUT2D eigenvalue weighted by atomic mass is 32.1. The van der Waals surface area contributed by atoms with Gasteiger partial charge in [-0.15, -0.1) is 11.3 Å². The summed E-state index contributed by atoms with van der Waals surface area (Å²) in [7, 11) is 0. The van der Waals surface area contributed by atoms with Crippen LogP contribution in [0.15, 0.2) is 42.7 Å². The summed E-state index contributed by atoms with van der Waals surface area (Å²) in [4.78, 5) is 15.3. The molecule has 0 unspecified atom stereocenters. The van der Waals surface area contributed by atoms with E-state index in [1.807, 2.05) is 28.8 Å². The Morgan fingerprint density at radius 3 is 2.89 bits per heavy atom. The van der Waals surface area contributed by atoms with Gasteiger partial charge in [0, 0.05) is 12.4 Å². The van der Waals surface area contributed by atoms with E-state index in [1.54, 1.807) is 29.8 Å². The molecule has 0 aliphatic carbocycles. The summed E-state index contributed by atoms with van der Waals surface area (Å²) in [6.45, 7) is 0.604. The number of carbonyl (C=O) groups is 1. The van der Waals surface area contributed by atoms with Crippen LogP contribution in [-0.2, 0) is 6.54 Å². The van der Waals surface area contributed by atoms with Crippen molar-refractivity contribution in [1.29, 1.82) is 0 Å². The van der Waals surface area contributed by atoms with Gasteiger partial charge in [-0.05, 0) is 18.2 Å². The highest BCUT2D eigenvalue weighted by Crippen LogP contribution is 2.22. The number of para-hydroxylation sites is 1. The molecule has 2 heterocycles. The highest BCUT2D eigenvalue weighted by Gasteiger charge is 2.07. The number of rotatable bonds is 3. The third-order valence-corrected chi connectivity index (χ3v) is 3.67. The van der Waals surface area contributed by atoms with Crippen molar-refractivity contribution in [2.45, 2.75) is 6.54 Å². The Hall–Kier alpha value is -2.14. The van der Waals surface area contributed by atoms with Crippen LogP contribution in [0.25, 0.3) is 10.2 Å². The van der Waals surface area contributed by atoms with Crippen LogP contribution in [0.4, 0.5) is 0 Å². The number of carboxylic acid groups (broad SMARTS) is 1. The van der Waals surface area contributed by atoms with E-state index < -0.39 is 5.97 Å². The lowest BCUT2D eigenvalue weighted by Crippen LogP contribution is -1.97. The Bertz CT molecular complexity index is 681. The predicted octanol–water partition coefficient (Wildman–Crippen LogP) is 2.84. The lowest BCUT2D eigenvalue weighted by atomic mass is 10.3. The molecule has 0 bridgehead atoms. The van der Waals surface area contributed by atoms with E-state index in [0.29, 0.717) is 12.1 Å². The molecule has 2 aromatic heterocycles. The van der Waals surface area contributed by atoms with Crippen molar-refractivity contribution in [1.82, 2.24) is 9.55 Å². The zero-order valence-corrected chi connectivity index (χ0v) is 10.2. The average molecular weight is 258 g/mol. The lowest BCUT2D eigenvalue weighted by Gasteiger charge is -1.97. The van der Waals surface area contributed by atoms with Crippen molar-refractivity contribution in [2.75, 3.05) is 0 Å². The Balaban J connectivity index is 1.88. The molecule has 4 nitrogen and oxygen atoms in total. The number of hydrogen-bond donors (Lipinski definition) is 1. The topological polar surface area (TPSA) is 55.1 Å². The van der Waals surface area contributed by atoms with Gasteiger partial charge < -0.3 is 9.67 Å². The van der Waals surface area contributed by atoms with Gasteiger partial charge >= 0.3 is 5.97 Å². The number of hydrogen-bond acceptors (Lipinski definition) is 3. The van der Waals surface area contributed by atoms with Crippen LogP contribution in [0.2, 0.25) is 0 Å². The van der Waals surface area contributed by atoms with E-state index in [-0.39, 0.29) is 0 Å². The normalized spacial score (nSPS) is 10.9. The van der Waals surface area contributed by atoms with Crippen LogP contribution in [0.5, 0.6) is 0 Å². The molecule has 5 heteroatoms. The molecule has 90 valence electrons. The van der Waals surface area contributed by atoms with E-state index >= 15 is 0 Å². The maximum absolute atomic E-state index is 10.8. The first-order valence-electron chi connectivity index (χ1n) is 5.46. The highest BCUT2D eigenvalue weighted by molar-refractivity contribution is 7.18. The number of aromatic carboxylic acids is 1. The zero-order chi connectivity index (χ0) is 12.5. The molecule has 0 aliphatic heterocycles. The molecular formula is C13H10N2O2S. The average Bonchev–Trinajstić information content (AvgIpc) is 2.94. The van der Waals surface area contributed by atoms with E-state index in [0.717, 1.165) is 15.2 Å². The first-order chi connectivity index (χ1) is 8.72. The van der Waals surface area contributed by atoms with Gasteiger partial charge in [0.05, 0.1) is 22.3 Å². The Morgan fingerprint density at radius 2 is 2.17 bits per heavy atom. The van der Waals surface area contributed by atoms with Crippen molar-refractivity contribution >= 4 is 27.5 Å². The monoisotopic (exact) mass is 258 g/mol. The second kappa shape index (κ2) is 4.27. The van der Waals surface area contributed by atoms with Crippen LogP contribution in [0.1, 0.15) is 15.4 Å². The van der Waals surface area contributed by atoms with Crippen molar-refractivity contribution in [3.8, 4) is 0 Å². The Labute approximate surface area is 107 Å². The standard InChI is InChI=1S/C13H10N2O2S/c16-13(17)9-5-6-15(7-9)8-12-14-10-3-1-2-4-11(10)18-12/h1-7H,8H2,(H,16,17). The predicted molar refractivity (Wildman–Crippen MR) is 70.1 cm³/mol. The second-order valence-corrected chi connectivity index (χ2v) is 5.07. The molecule has 0 radical (unpaired) electrons. The summed E-state index contributed by atoms with van der Waals surface area (Å²) in [5, 5.41) is 9.83. The molecule has 0 fully saturated rings. The maximum atomic E-state index is 10.8. The molecular weight excluding hydrogens is 248 g/mol. The van der Waals surface area contributed by atoms with E-state index in [4.69, 9.17) is 5.11 Å². The fourth-order valence-corrected chi connectivity index (χ4v) is 2.79. The molecule has 0 atom stereocenters. The number of nitrogens with zero attached hydrogens (tertiary/aromatic N) is 2. The fourth-order valence-electron chi connectivity index (χ4n) is 1.81.